The lowest BCUT2D eigenvalue weighted by Crippen LogP contribution is -2.45. The van der Waals surface area contributed by atoms with Crippen molar-refractivity contribution < 1.29 is 13.5 Å². The first-order valence-corrected chi connectivity index (χ1v) is 9.03. The summed E-state index contributed by atoms with van der Waals surface area (Å²) in [5.41, 5.74) is 1.48. The highest BCUT2D eigenvalue weighted by Gasteiger charge is 2.23. The number of β-amino-alcohol motifs (C(OH)–C–C–N with tert-alkyl or cyclic N) is 1. The Bertz CT molecular complexity index is 581. The van der Waals surface area contributed by atoms with Crippen LogP contribution in [0, 0.1) is 6.92 Å². The second-order valence-electron chi connectivity index (χ2n) is 5.51. The Labute approximate surface area is 126 Å². The van der Waals surface area contributed by atoms with Gasteiger partial charge in [0.2, 0.25) is 0 Å². The van der Waals surface area contributed by atoms with Gasteiger partial charge in [0.05, 0.1) is 16.8 Å². The molecule has 1 aromatic carbocycles. The Balaban J connectivity index is 2.26. The molecule has 1 aliphatic rings. The van der Waals surface area contributed by atoms with Gasteiger partial charge in [0.1, 0.15) is 0 Å². The van der Waals surface area contributed by atoms with Crippen LogP contribution in [0.4, 0.5) is 0 Å². The predicted octanol–water partition coefficient (Wildman–Crippen LogP) is 0.727. The first kappa shape index (κ1) is 16.4. The lowest BCUT2D eigenvalue weighted by molar-refractivity contribution is 0.103. The molecule has 118 valence electrons. The Hall–Kier alpha value is -0.950. The minimum atomic E-state index is -3.32. The van der Waals surface area contributed by atoms with E-state index in [-0.39, 0.29) is 10.6 Å². The van der Waals surface area contributed by atoms with Crippen LogP contribution in [-0.2, 0) is 9.84 Å². The molecule has 0 saturated carbocycles. The van der Waals surface area contributed by atoms with Gasteiger partial charge in [0.15, 0.2) is 9.84 Å². The van der Waals surface area contributed by atoms with Crippen molar-refractivity contribution in [3.8, 4) is 0 Å². The van der Waals surface area contributed by atoms with Crippen LogP contribution in [0.1, 0.15) is 24.2 Å². The maximum Gasteiger partial charge on any atom is 0.178 e. The molecule has 0 aliphatic carbocycles. The maximum absolute atomic E-state index is 12.2. The lowest BCUT2D eigenvalue weighted by Gasteiger charge is -2.29. The molecule has 1 fully saturated rings. The molecule has 0 spiro atoms. The molecule has 1 aromatic rings. The molecular formula is C15H24N2O3S. The van der Waals surface area contributed by atoms with E-state index >= 15 is 0 Å². The van der Waals surface area contributed by atoms with Gasteiger partial charge >= 0.3 is 0 Å². The van der Waals surface area contributed by atoms with Crippen LogP contribution in [-0.4, -0.2) is 56.9 Å². The smallest absolute Gasteiger partial charge is 0.178 e. The van der Waals surface area contributed by atoms with Gasteiger partial charge in [-0.3, -0.25) is 4.90 Å². The third-order valence-electron chi connectivity index (χ3n) is 3.88. The first-order valence-electron chi connectivity index (χ1n) is 7.38. The highest BCUT2D eigenvalue weighted by atomic mass is 32.2. The number of aliphatic hydroxyl groups is 1. The second-order valence-corrected chi connectivity index (χ2v) is 7.76. The van der Waals surface area contributed by atoms with Crippen molar-refractivity contribution in [2.45, 2.75) is 24.8 Å². The zero-order chi connectivity index (χ0) is 15.5. The molecule has 1 aliphatic heterocycles. The number of rotatable bonds is 5. The summed E-state index contributed by atoms with van der Waals surface area (Å²) in [6.45, 7) is 7.56. The third kappa shape index (κ3) is 4.03. The molecule has 1 unspecified atom stereocenters. The van der Waals surface area contributed by atoms with E-state index in [0.29, 0.717) is 12.1 Å². The molecule has 2 rings (SSSR count). The number of piperazine rings is 1. The number of hydrogen-bond donors (Lipinski definition) is 2. The van der Waals surface area contributed by atoms with E-state index in [4.69, 9.17) is 0 Å². The van der Waals surface area contributed by atoms with Crippen LogP contribution in [0.3, 0.4) is 0 Å². The van der Waals surface area contributed by atoms with Gasteiger partial charge < -0.3 is 10.4 Å². The molecule has 1 saturated heterocycles. The van der Waals surface area contributed by atoms with Gasteiger partial charge in [-0.1, -0.05) is 24.6 Å². The number of hydrogen-bond acceptors (Lipinski definition) is 5. The van der Waals surface area contributed by atoms with E-state index in [2.05, 4.69) is 10.2 Å². The highest BCUT2D eigenvalue weighted by Crippen LogP contribution is 2.25. The zero-order valence-electron chi connectivity index (χ0n) is 12.7. The topological polar surface area (TPSA) is 69.6 Å². The van der Waals surface area contributed by atoms with E-state index in [9.17, 15) is 13.5 Å². The molecule has 2 N–H and O–H groups in total. The van der Waals surface area contributed by atoms with Crippen LogP contribution in [0.2, 0.25) is 0 Å². The molecule has 21 heavy (non-hydrogen) atoms. The molecule has 0 radical (unpaired) electrons. The highest BCUT2D eigenvalue weighted by molar-refractivity contribution is 7.91. The van der Waals surface area contributed by atoms with Gasteiger partial charge in [-0.2, -0.15) is 0 Å². The van der Waals surface area contributed by atoms with Gasteiger partial charge in [-0.15, -0.1) is 0 Å². The average Bonchev–Trinajstić information content (AvgIpc) is 2.48. The Morgan fingerprint density at radius 3 is 2.62 bits per heavy atom. The molecular weight excluding hydrogens is 288 g/mol. The van der Waals surface area contributed by atoms with Crippen LogP contribution < -0.4 is 5.32 Å². The van der Waals surface area contributed by atoms with Gasteiger partial charge in [-0.25, -0.2) is 8.42 Å². The fourth-order valence-electron chi connectivity index (χ4n) is 2.60. The van der Waals surface area contributed by atoms with Gasteiger partial charge in [-0.05, 0) is 13.0 Å². The summed E-state index contributed by atoms with van der Waals surface area (Å²) in [5, 5.41) is 13.8. The molecule has 0 amide bonds. The summed E-state index contributed by atoms with van der Waals surface area (Å²) in [5.74, 6) is 0.0451. The van der Waals surface area contributed by atoms with E-state index < -0.39 is 15.9 Å². The molecule has 6 heteroatoms. The summed E-state index contributed by atoms with van der Waals surface area (Å²) in [6.07, 6.45) is -0.778. The number of aliphatic hydroxyl groups excluding tert-OH is 1. The van der Waals surface area contributed by atoms with Gasteiger partial charge in [0, 0.05) is 38.3 Å². The van der Waals surface area contributed by atoms with Crippen LogP contribution >= 0.6 is 0 Å². The first-order chi connectivity index (χ1) is 9.94. The van der Waals surface area contributed by atoms with E-state index in [0.717, 1.165) is 31.7 Å². The van der Waals surface area contributed by atoms with Gasteiger partial charge in [0.25, 0.3) is 0 Å². The van der Waals surface area contributed by atoms with Crippen molar-refractivity contribution in [2.75, 3.05) is 38.5 Å². The largest absolute Gasteiger partial charge is 0.387 e. The third-order valence-corrected chi connectivity index (χ3v) is 5.68. The normalized spacial score (nSPS) is 18.6. The van der Waals surface area contributed by atoms with Crippen molar-refractivity contribution >= 4 is 9.84 Å². The molecule has 1 atom stereocenters. The molecule has 1 heterocycles. The number of aryl methyl sites for hydroxylation is 1. The summed E-state index contributed by atoms with van der Waals surface area (Å²) >= 11 is 0. The van der Waals surface area contributed by atoms with Crippen molar-refractivity contribution in [2.24, 2.45) is 0 Å². The SMILES string of the molecule is CCS(=O)(=O)c1ccc(C)cc1C(O)CN1CCNCC1. The van der Waals surface area contributed by atoms with Crippen molar-refractivity contribution in [3.05, 3.63) is 29.3 Å². The molecule has 0 bridgehead atoms. The second kappa shape index (κ2) is 6.87. The molecule has 0 aromatic heterocycles. The number of sulfone groups is 1. The Kier molecular flexibility index (Phi) is 5.37. The summed E-state index contributed by atoms with van der Waals surface area (Å²) in [4.78, 5) is 2.42. The van der Waals surface area contributed by atoms with Crippen LogP contribution in [0.5, 0.6) is 0 Å². The summed E-state index contributed by atoms with van der Waals surface area (Å²) < 4.78 is 24.4. The average molecular weight is 312 g/mol. The molecule has 5 nitrogen and oxygen atoms in total. The monoisotopic (exact) mass is 312 g/mol. The predicted molar refractivity (Wildman–Crippen MR) is 83.2 cm³/mol. The fourth-order valence-corrected chi connectivity index (χ4v) is 3.74. The van der Waals surface area contributed by atoms with Crippen molar-refractivity contribution in [3.63, 3.8) is 0 Å². The van der Waals surface area contributed by atoms with Crippen LogP contribution in [0.15, 0.2) is 23.1 Å². The Morgan fingerprint density at radius 1 is 1.33 bits per heavy atom. The zero-order valence-corrected chi connectivity index (χ0v) is 13.5. The number of nitrogens with one attached hydrogen (secondary N) is 1. The maximum atomic E-state index is 12.2. The number of nitrogens with zero attached hydrogens (tertiary/aromatic N) is 1. The number of benzene rings is 1. The van der Waals surface area contributed by atoms with E-state index in [1.54, 1.807) is 25.1 Å². The Morgan fingerprint density at radius 2 is 2.00 bits per heavy atom. The van der Waals surface area contributed by atoms with Crippen molar-refractivity contribution in [1.29, 1.82) is 0 Å². The lowest BCUT2D eigenvalue weighted by atomic mass is 10.1. The summed E-state index contributed by atoms with van der Waals surface area (Å²) in [7, 11) is -3.32. The van der Waals surface area contributed by atoms with Crippen molar-refractivity contribution in [1.82, 2.24) is 10.2 Å². The fraction of sp³-hybridized carbons (Fsp3) is 0.600. The summed E-state index contributed by atoms with van der Waals surface area (Å²) in [6, 6.07) is 5.18. The quantitative estimate of drug-likeness (QED) is 0.839. The minimum absolute atomic E-state index is 0.0451. The van der Waals surface area contributed by atoms with E-state index in [1.165, 1.54) is 0 Å². The minimum Gasteiger partial charge on any atom is -0.387 e. The van der Waals surface area contributed by atoms with Crippen LogP contribution in [0.25, 0.3) is 0 Å². The standard InChI is InChI=1S/C15H24N2O3S/c1-3-21(19,20)15-5-4-12(2)10-13(15)14(18)11-17-8-6-16-7-9-17/h4-5,10,14,16,18H,3,6-9,11H2,1-2H3. The van der Waals surface area contributed by atoms with E-state index in [1.807, 2.05) is 6.92 Å².